The van der Waals surface area contributed by atoms with Gasteiger partial charge in [-0.05, 0) is 31.0 Å². The molecule has 7 heteroatoms. The first kappa shape index (κ1) is 21.1. The van der Waals surface area contributed by atoms with E-state index in [1.807, 2.05) is 14.0 Å². The topological polar surface area (TPSA) is 57.1 Å². The van der Waals surface area contributed by atoms with Crippen molar-refractivity contribution in [1.29, 1.82) is 0 Å². The Kier molecular flexibility index (Phi) is 9.53. The molecule has 0 aromatic heterocycles. The number of ether oxygens (including phenoxy) is 1. The molecule has 0 spiro atoms. The van der Waals surface area contributed by atoms with E-state index in [0.29, 0.717) is 18.0 Å². The first-order valence-corrected chi connectivity index (χ1v) is 8.09. The van der Waals surface area contributed by atoms with Crippen LogP contribution in [0.4, 0.5) is 4.39 Å². The van der Waals surface area contributed by atoms with Gasteiger partial charge in [0, 0.05) is 38.2 Å². The molecule has 2 N–H and O–H groups in total. The lowest BCUT2D eigenvalue weighted by atomic mass is 10.1. The second kappa shape index (κ2) is 10.8. The van der Waals surface area contributed by atoms with Gasteiger partial charge in [0.2, 0.25) is 0 Å². The number of aliphatic imine (C=N–C) groups is 1. The van der Waals surface area contributed by atoms with Crippen LogP contribution in [-0.2, 0) is 17.9 Å². The van der Waals surface area contributed by atoms with Crippen LogP contribution >= 0.6 is 24.0 Å². The normalized spacial score (nSPS) is 17.5. The van der Waals surface area contributed by atoms with Crippen LogP contribution in [0.15, 0.2) is 23.2 Å². The van der Waals surface area contributed by atoms with E-state index in [1.54, 1.807) is 12.1 Å². The van der Waals surface area contributed by atoms with E-state index in [9.17, 15) is 4.39 Å². The third-order valence-corrected chi connectivity index (χ3v) is 3.94. The average molecular weight is 451 g/mol. The Balaban J connectivity index is 0.00000288. The van der Waals surface area contributed by atoms with Crippen molar-refractivity contribution >= 4 is 29.9 Å². The second-order valence-electron chi connectivity index (χ2n) is 5.86. The largest absolute Gasteiger partial charge is 0.392 e. The van der Waals surface area contributed by atoms with Crippen molar-refractivity contribution in [2.24, 2.45) is 10.9 Å². The summed E-state index contributed by atoms with van der Waals surface area (Å²) in [6.45, 7) is 5.51. The highest BCUT2D eigenvalue weighted by Crippen LogP contribution is 2.14. The van der Waals surface area contributed by atoms with Gasteiger partial charge in [-0.25, -0.2) is 9.38 Å². The lowest BCUT2D eigenvalue weighted by Gasteiger charge is -2.24. The molecule has 24 heavy (non-hydrogen) atoms. The third-order valence-electron chi connectivity index (χ3n) is 3.94. The Morgan fingerprint density at radius 1 is 1.50 bits per heavy atom. The molecule has 0 saturated carbocycles. The molecule has 1 aliphatic heterocycles. The fourth-order valence-corrected chi connectivity index (χ4v) is 2.68. The molecule has 2 rings (SSSR count). The molecule has 0 radical (unpaired) electrons. The lowest BCUT2D eigenvalue weighted by molar-refractivity contribution is 0.181. The van der Waals surface area contributed by atoms with Crippen molar-refractivity contribution in [3.05, 3.63) is 35.1 Å². The number of nitrogens with zero attached hydrogens (tertiary/aromatic N) is 2. The zero-order valence-corrected chi connectivity index (χ0v) is 16.6. The van der Waals surface area contributed by atoms with Gasteiger partial charge in [0.1, 0.15) is 5.82 Å². The van der Waals surface area contributed by atoms with E-state index in [0.717, 1.165) is 44.2 Å². The number of guanidine groups is 1. The molecule has 1 unspecified atom stereocenters. The molecule has 1 fully saturated rings. The number of rotatable bonds is 6. The number of aliphatic hydroxyl groups excluding tert-OH is 1. The predicted octanol–water partition coefficient (Wildman–Crippen LogP) is 2.37. The molecule has 1 aliphatic rings. The van der Waals surface area contributed by atoms with Crippen molar-refractivity contribution in [3.63, 3.8) is 0 Å². The number of halogens is 2. The second-order valence-corrected chi connectivity index (χ2v) is 5.86. The highest BCUT2D eigenvalue weighted by atomic mass is 127. The summed E-state index contributed by atoms with van der Waals surface area (Å²) in [6.07, 6.45) is 1.08. The van der Waals surface area contributed by atoms with Gasteiger partial charge in [0.05, 0.1) is 19.8 Å². The van der Waals surface area contributed by atoms with E-state index in [-0.39, 0.29) is 36.4 Å². The molecule has 1 atom stereocenters. The van der Waals surface area contributed by atoms with Gasteiger partial charge in [-0.1, -0.05) is 6.07 Å². The quantitative estimate of drug-likeness (QED) is 0.396. The van der Waals surface area contributed by atoms with Crippen molar-refractivity contribution in [3.8, 4) is 0 Å². The monoisotopic (exact) mass is 451 g/mol. The summed E-state index contributed by atoms with van der Waals surface area (Å²) in [5.41, 5.74) is 1.18. The highest BCUT2D eigenvalue weighted by Gasteiger charge is 2.19. The zero-order valence-electron chi connectivity index (χ0n) is 14.3. The van der Waals surface area contributed by atoms with Crippen LogP contribution in [0.25, 0.3) is 0 Å². The number of benzene rings is 1. The molecule has 1 aromatic rings. The fraction of sp³-hybridized carbons (Fsp3) is 0.588. The number of hydrogen-bond donors (Lipinski definition) is 2. The minimum absolute atomic E-state index is 0. The van der Waals surface area contributed by atoms with Crippen molar-refractivity contribution in [1.82, 2.24) is 10.2 Å². The van der Waals surface area contributed by atoms with E-state index >= 15 is 0 Å². The van der Waals surface area contributed by atoms with Gasteiger partial charge in [-0.3, -0.25) is 0 Å². The number of nitrogens with one attached hydrogen (secondary N) is 1. The van der Waals surface area contributed by atoms with Crippen molar-refractivity contribution in [2.45, 2.75) is 26.5 Å². The molecule has 0 aliphatic carbocycles. The summed E-state index contributed by atoms with van der Waals surface area (Å²) >= 11 is 0. The first-order valence-electron chi connectivity index (χ1n) is 8.09. The van der Waals surface area contributed by atoms with Gasteiger partial charge in [0.25, 0.3) is 0 Å². The Labute approximate surface area is 160 Å². The Morgan fingerprint density at radius 2 is 2.29 bits per heavy atom. The van der Waals surface area contributed by atoms with Gasteiger partial charge < -0.3 is 20.1 Å². The smallest absolute Gasteiger partial charge is 0.193 e. The van der Waals surface area contributed by atoms with E-state index < -0.39 is 0 Å². The van der Waals surface area contributed by atoms with Crippen LogP contribution in [0.2, 0.25) is 0 Å². The van der Waals surface area contributed by atoms with Crippen molar-refractivity contribution in [2.75, 3.05) is 33.4 Å². The van der Waals surface area contributed by atoms with Gasteiger partial charge in [-0.15, -0.1) is 24.0 Å². The third kappa shape index (κ3) is 6.18. The molecule has 1 saturated heterocycles. The summed E-state index contributed by atoms with van der Waals surface area (Å²) in [4.78, 5) is 6.73. The van der Waals surface area contributed by atoms with Crippen molar-refractivity contribution < 1.29 is 14.2 Å². The summed E-state index contributed by atoms with van der Waals surface area (Å²) < 4.78 is 18.8. The molecule has 0 bridgehead atoms. The number of aliphatic hydroxyl groups is 1. The van der Waals surface area contributed by atoms with E-state index in [4.69, 9.17) is 9.84 Å². The highest BCUT2D eigenvalue weighted by molar-refractivity contribution is 14.0. The summed E-state index contributed by atoms with van der Waals surface area (Å²) in [6, 6.07) is 4.74. The van der Waals surface area contributed by atoms with Crippen LogP contribution < -0.4 is 5.32 Å². The summed E-state index contributed by atoms with van der Waals surface area (Å²) in [5.74, 6) is 0.982. The Morgan fingerprint density at radius 3 is 2.92 bits per heavy atom. The minimum Gasteiger partial charge on any atom is -0.392 e. The molecule has 5 nitrogen and oxygen atoms in total. The van der Waals surface area contributed by atoms with Crippen LogP contribution in [0.3, 0.4) is 0 Å². The van der Waals surface area contributed by atoms with E-state index in [2.05, 4.69) is 15.2 Å². The zero-order chi connectivity index (χ0) is 16.7. The van der Waals surface area contributed by atoms with Gasteiger partial charge >= 0.3 is 0 Å². The molecule has 1 aromatic carbocycles. The Hall–Kier alpha value is -0.930. The lowest BCUT2D eigenvalue weighted by Crippen LogP contribution is -2.41. The minimum atomic E-state index is -0.384. The standard InChI is InChI=1S/C17H26FN3O2.HI/c1-3-19-17(21(2)10-14-6-7-23-12-14)20-9-13-4-5-16(18)15(8-13)11-22;/h4-5,8,14,22H,3,6-7,9-12H2,1-2H3,(H,19,20);1H. The average Bonchev–Trinajstić information content (AvgIpc) is 3.05. The maximum Gasteiger partial charge on any atom is 0.193 e. The SMILES string of the molecule is CCNC(=NCc1ccc(F)c(CO)c1)N(C)CC1CCOC1.I. The van der Waals surface area contributed by atoms with Gasteiger partial charge in [-0.2, -0.15) is 0 Å². The predicted molar refractivity (Wildman–Crippen MR) is 104 cm³/mol. The first-order chi connectivity index (χ1) is 11.1. The maximum absolute atomic E-state index is 13.4. The van der Waals surface area contributed by atoms with Crippen LogP contribution in [-0.4, -0.2) is 49.3 Å². The van der Waals surface area contributed by atoms with Crippen LogP contribution in [0, 0.1) is 11.7 Å². The molecular formula is C17H27FIN3O2. The van der Waals surface area contributed by atoms with E-state index in [1.165, 1.54) is 6.07 Å². The molecule has 1 heterocycles. The summed E-state index contributed by atoms with van der Waals surface area (Å²) in [5, 5.41) is 12.4. The maximum atomic E-state index is 13.4. The molecule has 136 valence electrons. The summed E-state index contributed by atoms with van der Waals surface area (Å²) in [7, 11) is 2.02. The Bertz CT molecular complexity index is 537. The number of hydrogen-bond acceptors (Lipinski definition) is 3. The van der Waals surface area contributed by atoms with Crippen LogP contribution in [0.5, 0.6) is 0 Å². The molecular weight excluding hydrogens is 424 g/mol. The fourth-order valence-electron chi connectivity index (χ4n) is 2.68. The molecule has 0 amide bonds. The van der Waals surface area contributed by atoms with Gasteiger partial charge in [0.15, 0.2) is 5.96 Å². The van der Waals surface area contributed by atoms with Crippen LogP contribution in [0.1, 0.15) is 24.5 Å².